The van der Waals surface area contributed by atoms with Crippen molar-refractivity contribution in [2.45, 2.75) is 26.4 Å². The minimum atomic E-state index is -1.37. The molecule has 0 aliphatic rings. The molecule has 1 N–H and O–H groups in total. The van der Waals surface area contributed by atoms with Gasteiger partial charge in [-0.15, -0.1) is 5.10 Å². The highest BCUT2D eigenvalue weighted by atomic mass is 16.4. The first-order valence-corrected chi connectivity index (χ1v) is 6.73. The zero-order valence-corrected chi connectivity index (χ0v) is 12.1. The number of carboxylic acids is 1. The topological polar surface area (TPSA) is 117 Å². The van der Waals surface area contributed by atoms with E-state index in [0.29, 0.717) is 10.9 Å². The van der Waals surface area contributed by atoms with Crippen molar-refractivity contribution < 1.29 is 14.7 Å². The molecule has 8 nitrogen and oxygen atoms in total. The zero-order chi connectivity index (χ0) is 16.3. The maximum absolute atomic E-state index is 12.2. The molecule has 2 aromatic rings. The summed E-state index contributed by atoms with van der Waals surface area (Å²) in [5.41, 5.74) is -0.0331. The van der Waals surface area contributed by atoms with Gasteiger partial charge in [0, 0.05) is 0 Å². The van der Waals surface area contributed by atoms with Crippen LogP contribution in [-0.4, -0.2) is 32.9 Å². The second-order valence-electron chi connectivity index (χ2n) is 5.18. The van der Waals surface area contributed by atoms with Crippen LogP contribution < -0.4 is 16.0 Å². The Labute approximate surface area is 125 Å². The Morgan fingerprint density at radius 2 is 2.00 bits per heavy atom. The van der Waals surface area contributed by atoms with Crippen LogP contribution in [0.15, 0.2) is 29.1 Å². The van der Waals surface area contributed by atoms with Gasteiger partial charge in [-0.05, 0) is 18.1 Å². The van der Waals surface area contributed by atoms with Gasteiger partial charge in [-0.1, -0.05) is 31.2 Å². The molecule has 2 rings (SSSR count). The molecule has 0 saturated carbocycles. The van der Waals surface area contributed by atoms with Gasteiger partial charge in [-0.3, -0.25) is 9.59 Å². The van der Waals surface area contributed by atoms with E-state index in [1.54, 1.807) is 38.1 Å². The van der Waals surface area contributed by atoms with E-state index in [-0.39, 0.29) is 5.92 Å². The SMILES string of the molecule is CC(C)[C@H](NC(=O)Cn1nnc2ccccc2c1=O)C(=O)[O-]. The van der Waals surface area contributed by atoms with Crippen LogP contribution in [0.25, 0.3) is 10.9 Å². The molecular weight excluding hydrogens is 288 g/mol. The fourth-order valence-electron chi connectivity index (χ4n) is 1.98. The van der Waals surface area contributed by atoms with Gasteiger partial charge in [0.1, 0.15) is 12.1 Å². The number of aromatic nitrogens is 3. The number of nitrogens with zero attached hydrogens (tertiary/aromatic N) is 3. The minimum Gasteiger partial charge on any atom is -0.548 e. The highest BCUT2D eigenvalue weighted by molar-refractivity contribution is 5.83. The standard InChI is InChI=1S/C14H16N4O4/c1-8(2)12(14(21)22)15-11(19)7-18-13(20)9-5-3-4-6-10(9)16-17-18/h3-6,8,12H,7H2,1-2H3,(H,15,19)(H,21,22)/p-1/t12-/m0/s1. The van der Waals surface area contributed by atoms with Crippen LogP contribution in [0.4, 0.5) is 0 Å². The summed E-state index contributed by atoms with van der Waals surface area (Å²) in [5.74, 6) is -2.36. The minimum absolute atomic E-state index is 0.339. The van der Waals surface area contributed by atoms with Crippen LogP contribution >= 0.6 is 0 Å². The summed E-state index contributed by atoms with van der Waals surface area (Å²) in [6, 6.07) is 5.50. The predicted octanol–water partition coefficient (Wildman–Crippen LogP) is -1.32. The Bertz CT molecular complexity index is 769. The number of carbonyl (C=O) groups is 2. The fourth-order valence-corrected chi connectivity index (χ4v) is 1.98. The molecule has 1 atom stereocenters. The molecule has 0 unspecified atom stereocenters. The maximum atomic E-state index is 12.2. The van der Waals surface area contributed by atoms with Crippen LogP contribution in [0.1, 0.15) is 13.8 Å². The fraction of sp³-hybridized carbons (Fsp3) is 0.357. The molecule has 0 aliphatic heterocycles. The molecule has 0 spiro atoms. The number of hydrogen-bond acceptors (Lipinski definition) is 6. The van der Waals surface area contributed by atoms with Crippen molar-refractivity contribution in [2.24, 2.45) is 5.92 Å². The van der Waals surface area contributed by atoms with Crippen molar-refractivity contribution in [1.29, 1.82) is 0 Å². The lowest BCUT2D eigenvalue weighted by Crippen LogP contribution is -2.52. The van der Waals surface area contributed by atoms with Gasteiger partial charge in [-0.2, -0.15) is 0 Å². The van der Waals surface area contributed by atoms with Crippen molar-refractivity contribution in [3.8, 4) is 0 Å². The van der Waals surface area contributed by atoms with Gasteiger partial charge in [0.25, 0.3) is 5.56 Å². The van der Waals surface area contributed by atoms with E-state index in [0.717, 1.165) is 4.68 Å². The first-order chi connectivity index (χ1) is 10.4. The normalized spacial score (nSPS) is 12.3. The number of hydrogen-bond donors (Lipinski definition) is 1. The van der Waals surface area contributed by atoms with Crippen LogP contribution in [0.3, 0.4) is 0 Å². The molecule has 1 heterocycles. The smallest absolute Gasteiger partial charge is 0.278 e. The largest absolute Gasteiger partial charge is 0.548 e. The van der Waals surface area contributed by atoms with Crippen molar-refractivity contribution >= 4 is 22.8 Å². The zero-order valence-electron chi connectivity index (χ0n) is 12.1. The highest BCUT2D eigenvalue weighted by Crippen LogP contribution is 2.03. The summed E-state index contributed by atoms with van der Waals surface area (Å²) >= 11 is 0. The van der Waals surface area contributed by atoms with Crippen LogP contribution in [-0.2, 0) is 16.1 Å². The molecule has 0 bridgehead atoms. The van der Waals surface area contributed by atoms with E-state index in [2.05, 4.69) is 15.6 Å². The third kappa shape index (κ3) is 3.27. The number of amides is 1. The number of carbonyl (C=O) groups excluding carboxylic acids is 2. The van der Waals surface area contributed by atoms with Crippen LogP contribution in [0.5, 0.6) is 0 Å². The van der Waals surface area contributed by atoms with Crippen molar-refractivity contribution in [2.75, 3.05) is 0 Å². The lowest BCUT2D eigenvalue weighted by Gasteiger charge is -2.23. The van der Waals surface area contributed by atoms with Crippen molar-refractivity contribution in [3.63, 3.8) is 0 Å². The first kappa shape index (κ1) is 15.6. The summed E-state index contributed by atoms with van der Waals surface area (Å²) in [6.07, 6.45) is 0. The lowest BCUT2D eigenvalue weighted by atomic mass is 10.1. The van der Waals surface area contributed by atoms with Crippen LogP contribution in [0.2, 0.25) is 0 Å². The van der Waals surface area contributed by atoms with Gasteiger partial charge < -0.3 is 15.2 Å². The average Bonchev–Trinajstić information content (AvgIpc) is 2.47. The second-order valence-corrected chi connectivity index (χ2v) is 5.18. The third-order valence-corrected chi connectivity index (χ3v) is 3.16. The van der Waals surface area contributed by atoms with Gasteiger partial charge in [0.05, 0.1) is 17.4 Å². The van der Waals surface area contributed by atoms with Crippen molar-refractivity contribution in [1.82, 2.24) is 20.3 Å². The van der Waals surface area contributed by atoms with E-state index in [1.807, 2.05) is 0 Å². The Hall–Kier alpha value is -2.77. The molecule has 8 heteroatoms. The number of carboxylic acid groups (broad SMARTS) is 1. The molecule has 1 amide bonds. The first-order valence-electron chi connectivity index (χ1n) is 6.73. The summed E-state index contributed by atoms with van der Waals surface area (Å²) in [5, 5.41) is 21.1. The van der Waals surface area contributed by atoms with E-state index in [4.69, 9.17) is 0 Å². The number of nitrogens with one attached hydrogen (secondary N) is 1. The molecular formula is C14H15N4O4-. The van der Waals surface area contributed by atoms with E-state index in [9.17, 15) is 19.5 Å². The summed E-state index contributed by atoms with van der Waals surface area (Å²) < 4.78 is 0.893. The van der Waals surface area contributed by atoms with Gasteiger partial charge in [0.15, 0.2) is 0 Å². The second kappa shape index (κ2) is 6.33. The van der Waals surface area contributed by atoms with Gasteiger partial charge in [0.2, 0.25) is 5.91 Å². The number of fused-ring (bicyclic) bond motifs is 1. The molecule has 0 saturated heterocycles. The monoisotopic (exact) mass is 303 g/mol. The number of aliphatic carboxylic acids is 1. The summed E-state index contributed by atoms with van der Waals surface area (Å²) in [7, 11) is 0. The summed E-state index contributed by atoms with van der Waals surface area (Å²) in [6.45, 7) is 2.87. The quantitative estimate of drug-likeness (QED) is 0.732. The Morgan fingerprint density at radius 3 is 2.64 bits per heavy atom. The predicted molar refractivity (Wildman–Crippen MR) is 75.6 cm³/mol. The summed E-state index contributed by atoms with van der Waals surface area (Å²) in [4.78, 5) is 35.0. The van der Waals surface area contributed by atoms with Crippen LogP contribution in [0, 0.1) is 5.92 Å². The molecule has 1 aromatic heterocycles. The Kier molecular flexibility index (Phi) is 4.50. The molecule has 0 radical (unpaired) electrons. The van der Waals surface area contributed by atoms with E-state index < -0.39 is 30.0 Å². The van der Waals surface area contributed by atoms with Gasteiger partial charge in [-0.25, -0.2) is 4.68 Å². The maximum Gasteiger partial charge on any atom is 0.278 e. The van der Waals surface area contributed by atoms with E-state index >= 15 is 0 Å². The Morgan fingerprint density at radius 1 is 1.32 bits per heavy atom. The third-order valence-electron chi connectivity index (χ3n) is 3.16. The van der Waals surface area contributed by atoms with Gasteiger partial charge >= 0.3 is 0 Å². The average molecular weight is 303 g/mol. The van der Waals surface area contributed by atoms with E-state index in [1.165, 1.54) is 0 Å². The highest BCUT2D eigenvalue weighted by Gasteiger charge is 2.18. The lowest BCUT2D eigenvalue weighted by molar-refractivity contribution is -0.309. The Balaban J connectivity index is 2.20. The molecule has 22 heavy (non-hydrogen) atoms. The van der Waals surface area contributed by atoms with Crippen molar-refractivity contribution in [3.05, 3.63) is 34.6 Å². The molecule has 0 fully saturated rings. The number of rotatable bonds is 5. The molecule has 1 aromatic carbocycles. The molecule has 116 valence electrons. The molecule has 0 aliphatic carbocycles. The number of benzene rings is 1.